The fraction of sp³-hybridized carbons (Fsp3) is 1.00. The molecule has 1 spiro atoms. The number of rotatable bonds is 0. The molecule has 3 aliphatic rings. The van der Waals surface area contributed by atoms with Crippen molar-refractivity contribution >= 4 is 0 Å². The molecule has 0 aromatic carbocycles. The van der Waals surface area contributed by atoms with E-state index in [0.717, 1.165) is 32.1 Å². The molecule has 2 aliphatic heterocycles. The smallest absolute Gasteiger partial charge is 0.0811 e. The molecule has 16 heavy (non-hydrogen) atoms. The number of hydrogen-bond acceptors (Lipinski definition) is 3. The van der Waals surface area contributed by atoms with E-state index in [1.165, 1.54) is 25.7 Å². The maximum absolute atomic E-state index is 6.42. The number of morpholine rings is 1. The third kappa shape index (κ3) is 2.01. The van der Waals surface area contributed by atoms with Crippen LogP contribution in [0.4, 0.5) is 0 Å². The number of fused-ring (bicyclic) bond motifs is 1. The molecule has 1 aliphatic carbocycles. The molecule has 1 N–H and O–H groups in total. The van der Waals surface area contributed by atoms with E-state index in [0.29, 0.717) is 12.1 Å². The lowest BCUT2D eigenvalue weighted by Gasteiger charge is -2.49. The lowest BCUT2D eigenvalue weighted by Crippen LogP contribution is -2.62. The Kier molecular flexibility index (Phi) is 2.94. The van der Waals surface area contributed by atoms with Crippen molar-refractivity contribution in [2.75, 3.05) is 19.8 Å². The number of nitrogens with one attached hydrogen (secondary N) is 1. The van der Waals surface area contributed by atoms with Gasteiger partial charge >= 0.3 is 0 Å². The molecule has 3 nitrogen and oxygen atoms in total. The van der Waals surface area contributed by atoms with Gasteiger partial charge in [0.15, 0.2) is 0 Å². The van der Waals surface area contributed by atoms with Gasteiger partial charge in [-0.2, -0.15) is 0 Å². The van der Waals surface area contributed by atoms with Crippen molar-refractivity contribution in [3.8, 4) is 0 Å². The third-order valence-corrected chi connectivity index (χ3v) is 4.57. The Morgan fingerprint density at radius 3 is 2.81 bits per heavy atom. The molecule has 0 aromatic heterocycles. The molecule has 0 amide bonds. The molecule has 2 atom stereocenters. The Bertz CT molecular complexity index is 248. The van der Waals surface area contributed by atoms with Gasteiger partial charge in [-0.05, 0) is 38.0 Å². The van der Waals surface area contributed by atoms with Crippen LogP contribution < -0.4 is 5.32 Å². The van der Waals surface area contributed by atoms with Crippen molar-refractivity contribution in [2.24, 2.45) is 5.92 Å². The van der Waals surface area contributed by atoms with E-state index < -0.39 is 0 Å². The van der Waals surface area contributed by atoms with Crippen LogP contribution in [0, 0.1) is 5.92 Å². The van der Waals surface area contributed by atoms with Gasteiger partial charge in [-0.3, -0.25) is 0 Å². The third-order valence-electron chi connectivity index (χ3n) is 4.57. The molecular weight excluding hydrogens is 202 g/mol. The molecule has 3 rings (SSSR count). The zero-order chi connectivity index (χ0) is 11.0. The highest BCUT2D eigenvalue weighted by Crippen LogP contribution is 2.38. The van der Waals surface area contributed by atoms with Crippen LogP contribution in [0.2, 0.25) is 0 Å². The summed E-state index contributed by atoms with van der Waals surface area (Å²) >= 11 is 0. The van der Waals surface area contributed by atoms with Crippen LogP contribution in [0.5, 0.6) is 0 Å². The Morgan fingerprint density at radius 2 is 2.00 bits per heavy atom. The van der Waals surface area contributed by atoms with Gasteiger partial charge in [0.1, 0.15) is 0 Å². The summed E-state index contributed by atoms with van der Waals surface area (Å²) in [5.74, 6) is 0.890. The van der Waals surface area contributed by atoms with Gasteiger partial charge in [0.2, 0.25) is 0 Å². The summed E-state index contributed by atoms with van der Waals surface area (Å²) in [6.45, 7) is 5.09. The van der Waals surface area contributed by atoms with E-state index in [4.69, 9.17) is 9.47 Å². The zero-order valence-corrected chi connectivity index (χ0v) is 10.2. The van der Waals surface area contributed by atoms with E-state index in [2.05, 4.69) is 12.2 Å². The molecule has 2 saturated heterocycles. The van der Waals surface area contributed by atoms with Crippen molar-refractivity contribution < 1.29 is 9.47 Å². The maximum Gasteiger partial charge on any atom is 0.0811 e. The zero-order valence-electron chi connectivity index (χ0n) is 10.2. The molecule has 2 heterocycles. The highest BCUT2D eigenvalue weighted by atomic mass is 16.5. The van der Waals surface area contributed by atoms with Crippen LogP contribution in [0.25, 0.3) is 0 Å². The topological polar surface area (TPSA) is 30.5 Å². The molecular formula is C13H23NO2. The van der Waals surface area contributed by atoms with Crippen molar-refractivity contribution in [2.45, 2.75) is 56.8 Å². The second-order valence-electron chi connectivity index (χ2n) is 5.87. The Hall–Kier alpha value is -0.120. The lowest BCUT2D eigenvalue weighted by atomic mass is 9.78. The summed E-state index contributed by atoms with van der Waals surface area (Å²) < 4.78 is 11.9. The summed E-state index contributed by atoms with van der Waals surface area (Å²) in [6, 6.07) is 0.443. The van der Waals surface area contributed by atoms with Gasteiger partial charge in [-0.1, -0.05) is 6.92 Å². The maximum atomic E-state index is 6.42. The van der Waals surface area contributed by atoms with E-state index in [-0.39, 0.29) is 5.60 Å². The largest absolute Gasteiger partial charge is 0.380 e. The van der Waals surface area contributed by atoms with Crippen LogP contribution in [0.1, 0.15) is 39.0 Å². The highest BCUT2D eigenvalue weighted by molar-refractivity contribution is 4.97. The molecule has 92 valence electrons. The van der Waals surface area contributed by atoms with E-state index in [9.17, 15) is 0 Å². The van der Waals surface area contributed by atoms with Crippen molar-refractivity contribution in [1.82, 2.24) is 5.32 Å². The van der Waals surface area contributed by atoms with Gasteiger partial charge in [-0.25, -0.2) is 0 Å². The van der Waals surface area contributed by atoms with Crippen LogP contribution in [-0.2, 0) is 9.47 Å². The Labute approximate surface area is 97.9 Å². The first-order valence-electron chi connectivity index (χ1n) is 6.76. The number of hydrogen-bond donors (Lipinski definition) is 1. The standard InChI is InChI=1S/C13H23NO2/c1-10-2-5-13(6-3-10)9-14-11-8-15-7-4-12(11)16-13/h10-12,14H,2-9H2,1H3. The van der Waals surface area contributed by atoms with Gasteiger partial charge < -0.3 is 14.8 Å². The molecule has 2 unspecified atom stereocenters. The van der Waals surface area contributed by atoms with Gasteiger partial charge in [-0.15, -0.1) is 0 Å². The van der Waals surface area contributed by atoms with Gasteiger partial charge in [0.25, 0.3) is 0 Å². The average Bonchev–Trinajstić information content (AvgIpc) is 2.33. The monoisotopic (exact) mass is 225 g/mol. The molecule has 1 saturated carbocycles. The molecule has 3 fully saturated rings. The minimum atomic E-state index is 0.158. The summed E-state index contributed by atoms with van der Waals surface area (Å²) in [6.07, 6.45) is 6.60. The fourth-order valence-electron chi connectivity index (χ4n) is 3.31. The number of ether oxygens (including phenoxy) is 2. The van der Waals surface area contributed by atoms with E-state index >= 15 is 0 Å². The predicted octanol–water partition coefficient (Wildman–Crippen LogP) is 1.71. The Balaban J connectivity index is 1.65. The van der Waals surface area contributed by atoms with E-state index in [1.807, 2.05) is 0 Å². The first kappa shape index (κ1) is 11.0. The highest BCUT2D eigenvalue weighted by Gasteiger charge is 2.43. The first-order valence-corrected chi connectivity index (χ1v) is 6.76. The minimum Gasteiger partial charge on any atom is -0.380 e. The average molecular weight is 225 g/mol. The van der Waals surface area contributed by atoms with Crippen LogP contribution >= 0.6 is 0 Å². The van der Waals surface area contributed by atoms with Crippen molar-refractivity contribution in [3.63, 3.8) is 0 Å². The van der Waals surface area contributed by atoms with Gasteiger partial charge in [0.05, 0.1) is 24.4 Å². The summed E-state index contributed by atoms with van der Waals surface area (Å²) in [5, 5.41) is 3.65. The SMILES string of the molecule is CC1CCC2(CC1)CNC1COCCC1O2. The van der Waals surface area contributed by atoms with E-state index in [1.54, 1.807) is 0 Å². The first-order chi connectivity index (χ1) is 7.77. The summed E-state index contributed by atoms with van der Waals surface area (Å²) in [4.78, 5) is 0. The molecule has 3 heteroatoms. The fourth-order valence-corrected chi connectivity index (χ4v) is 3.31. The van der Waals surface area contributed by atoms with Crippen LogP contribution in [-0.4, -0.2) is 37.5 Å². The minimum absolute atomic E-state index is 0.158. The molecule has 0 bridgehead atoms. The second kappa shape index (κ2) is 4.28. The lowest BCUT2D eigenvalue weighted by molar-refractivity contribution is -0.182. The molecule has 0 radical (unpaired) electrons. The summed E-state index contributed by atoms with van der Waals surface area (Å²) in [5.41, 5.74) is 0.158. The van der Waals surface area contributed by atoms with Crippen molar-refractivity contribution in [1.29, 1.82) is 0 Å². The Morgan fingerprint density at radius 1 is 1.19 bits per heavy atom. The predicted molar refractivity (Wildman–Crippen MR) is 62.5 cm³/mol. The quantitative estimate of drug-likeness (QED) is 0.681. The van der Waals surface area contributed by atoms with Crippen LogP contribution in [0.15, 0.2) is 0 Å². The second-order valence-corrected chi connectivity index (χ2v) is 5.87. The molecule has 0 aromatic rings. The van der Waals surface area contributed by atoms with Crippen molar-refractivity contribution in [3.05, 3.63) is 0 Å². The summed E-state index contributed by atoms with van der Waals surface area (Å²) in [7, 11) is 0. The van der Waals surface area contributed by atoms with Gasteiger partial charge in [0, 0.05) is 13.2 Å². The normalized spacial score (nSPS) is 48.9. The van der Waals surface area contributed by atoms with Crippen LogP contribution in [0.3, 0.4) is 0 Å².